The van der Waals surface area contributed by atoms with Gasteiger partial charge >= 0.3 is 5.97 Å². The first-order valence-corrected chi connectivity index (χ1v) is 9.81. The van der Waals surface area contributed by atoms with Crippen molar-refractivity contribution in [3.05, 3.63) is 87.2 Å². The minimum Gasteiger partial charge on any atom is -0.478 e. The van der Waals surface area contributed by atoms with E-state index >= 15 is 0 Å². The Labute approximate surface area is 182 Å². The van der Waals surface area contributed by atoms with Gasteiger partial charge < -0.3 is 15.0 Å². The van der Waals surface area contributed by atoms with Crippen LogP contribution in [-0.4, -0.2) is 21.6 Å². The molecule has 0 saturated heterocycles. The Hall–Kier alpha value is -3.63. The molecule has 6 nitrogen and oxygen atoms in total. The number of aryl methyl sites for hydroxylation is 1. The van der Waals surface area contributed by atoms with E-state index in [1.807, 2.05) is 54.8 Å². The van der Waals surface area contributed by atoms with Crippen molar-refractivity contribution < 1.29 is 14.7 Å². The maximum atomic E-state index is 12.6. The van der Waals surface area contributed by atoms with Gasteiger partial charge in [-0.1, -0.05) is 28.1 Å². The number of halogens is 1. The summed E-state index contributed by atoms with van der Waals surface area (Å²) in [6, 6.07) is 17.5. The molecule has 1 aromatic heterocycles. The fourth-order valence-corrected chi connectivity index (χ4v) is 3.57. The molecule has 0 bridgehead atoms. The molecule has 0 radical (unpaired) electrons. The summed E-state index contributed by atoms with van der Waals surface area (Å²) in [5.41, 5.74) is 3.84. The number of nitrogens with one attached hydrogen (secondary N) is 1. The van der Waals surface area contributed by atoms with E-state index in [4.69, 9.17) is 5.11 Å². The van der Waals surface area contributed by atoms with Crippen molar-refractivity contribution in [3.8, 4) is 11.8 Å². The van der Waals surface area contributed by atoms with Crippen LogP contribution >= 0.6 is 15.9 Å². The second-order valence-corrected chi connectivity index (χ2v) is 7.57. The molecule has 0 spiro atoms. The van der Waals surface area contributed by atoms with Crippen molar-refractivity contribution in [2.45, 2.75) is 13.8 Å². The van der Waals surface area contributed by atoms with Gasteiger partial charge in [0.15, 0.2) is 0 Å². The third-order valence-electron chi connectivity index (χ3n) is 4.57. The van der Waals surface area contributed by atoms with Gasteiger partial charge in [-0.3, -0.25) is 4.79 Å². The molecule has 30 heavy (non-hydrogen) atoms. The van der Waals surface area contributed by atoms with E-state index in [9.17, 15) is 14.9 Å². The van der Waals surface area contributed by atoms with Crippen molar-refractivity contribution in [2.24, 2.45) is 0 Å². The number of anilines is 1. The van der Waals surface area contributed by atoms with Crippen molar-refractivity contribution in [3.63, 3.8) is 0 Å². The second-order valence-electron chi connectivity index (χ2n) is 6.65. The van der Waals surface area contributed by atoms with Crippen LogP contribution in [0.3, 0.4) is 0 Å². The van der Waals surface area contributed by atoms with Gasteiger partial charge in [0.2, 0.25) is 0 Å². The standard InChI is InChI=1S/C23H18BrN3O3/c1-14-9-17(15(2)27(14)21-8-4-6-19(24)12-21)10-18(13-25)22(28)26-20-7-3-5-16(11-20)23(29)30/h3-12H,1-2H3,(H,26,28)(H,29,30)/b18-10-. The quantitative estimate of drug-likeness (QED) is 0.406. The zero-order valence-electron chi connectivity index (χ0n) is 16.3. The van der Waals surface area contributed by atoms with Gasteiger partial charge in [0.1, 0.15) is 11.6 Å². The number of carbonyl (C=O) groups is 2. The summed E-state index contributed by atoms with van der Waals surface area (Å²) < 4.78 is 2.99. The van der Waals surface area contributed by atoms with Crippen LogP contribution in [0.25, 0.3) is 11.8 Å². The first kappa shape index (κ1) is 21.1. The molecule has 0 aliphatic heterocycles. The number of amides is 1. The Morgan fingerprint density at radius 1 is 1.13 bits per heavy atom. The number of rotatable bonds is 5. The number of carbonyl (C=O) groups excluding carboxylic acids is 1. The highest BCUT2D eigenvalue weighted by atomic mass is 79.9. The number of aromatic carboxylic acids is 1. The van der Waals surface area contributed by atoms with Crippen LogP contribution in [0, 0.1) is 25.2 Å². The highest BCUT2D eigenvalue weighted by molar-refractivity contribution is 9.10. The maximum absolute atomic E-state index is 12.6. The first-order chi connectivity index (χ1) is 14.3. The van der Waals surface area contributed by atoms with Crippen molar-refractivity contribution >= 4 is 39.6 Å². The van der Waals surface area contributed by atoms with Gasteiger partial charge in [-0.25, -0.2) is 4.79 Å². The van der Waals surface area contributed by atoms with Crippen LogP contribution in [0.2, 0.25) is 0 Å². The Bertz CT molecular complexity index is 1220. The van der Waals surface area contributed by atoms with Gasteiger partial charge in [-0.15, -0.1) is 0 Å². The van der Waals surface area contributed by atoms with E-state index in [2.05, 4.69) is 21.2 Å². The van der Waals surface area contributed by atoms with Crippen molar-refractivity contribution in [1.82, 2.24) is 4.57 Å². The predicted octanol–water partition coefficient (Wildman–Crippen LogP) is 5.10. The summed E-state index contributed by atoms with van der Waals surface area (Å²) in [5, 5.41) is 21.2. The fourth-order valence-electron chi connectivity index (χ4n) is 3.18. The third kappa shape index (κ3) is 4.50. The molecule has 7 heteroatoms. The molecule has 0 atom stereocenters. The highest BCUT2D eigenvalue weighted by Gasteiger charge is 2.15. The number of hydrogen-bond acceptors (Lipinski definition) is 3. The van der Waals surface area contributed by atoms with Crippen LogP contribution in [0.15, 0.2) is 64.6 Å². The van der Waals surface area contributed by atoms with E-state index in [0.29, 0.717) is 5.69 Å². The molecule has 0 saturated carbocycles. The number of nitrogens with zero attached hydrogens (tertiary/aromatic N) is 2. The summed E-state index contributed by atoms with van der Waals surface area (Å²) in [7, 11) is 0. The van der Waals surface area contributed by atoms with Crippen LogP contribution in [0.4, 0.5) is 5.69 Å². The molecule has 1 heterocycles. The molecule has 0 unspecified atom stereocenters. The normalized spacial score (nSPS) is 11.1. The summed E-state index contributed by atoms with van der Waals surface area (Å²) in [6.07, 6.45) is 1.53. The average Bonchev–Trinajstić information content (AvgIpc) is 2.99. The smallest absolute Gasteiger partial charge is 0.335 e. The van der Waals surface area contributed by atoms with Gasteiger partial charge in [-0.2, -0.15) is 5.26 Å². The Kier molecular flexibility index (Phi) is 6.19. The minimum atomic E-state index is -1.10. The van der Waals surface area contributed by atoms with Gasteiger partial charge in [0, 0.05) is 27.2 Å². The lowest BCUT2D eigenvalue weighted by atomic mass is 10.1. The number of hydrogen-bond donors (Lipinski definition) is 2. The molecule has 0 aliphatic carbocycles. The second kappa shape index (κ2) is 8.80. The topological polar surface area (TPSA) is 95.1 Å². The van der Waals surface area contributed by atoms with E-state index in [0.717, 1.165) is 27.1 Å². The lowest BCUT2D eigenvalue weighted by molar-refractivity contribution is -0.112. The summed E-state index contributed by atoms with van der Waals surface area (Å²) in [5.74, 6) is -1.70. The number of nitriles is 1. The lowest BCUT2D eigenvalue weighted by Crippen LogP contribution is -2.14. The summed E-state index contributed by atoms with van der Waals surface area (Å²) in [6.45, 7) is 3.87. The van der Waals surface area contributed by atoms with Crippen LogP contribution < -0.4 is 5.32 Å². The highest BCUT2D eigenvalue weighted by Crippen LogP contribution is 2.25. The van der Waals surface area contributed by atoms with Gasteiger partial charge in [0.05, 0.1) is 5.56 Å². The number of carboxylic acids is 1. The van der Waals surface area contributed by atoms with Gasteiger partial charge in [-0.05, 0) is 68.0 Å². The van der Waals surface area contributed by atoms with E-state index in [-0.39, 0.29) is 11.1 Å². The molecule has 2 N–H and O–H groups in total. The Balaban J connectivity index is 1.92. The largest absolute Gasteiger partial charge is 0.478 e. The zero-order valence-corrected chi connectivity index (χ0v) is 17.9. The van der Waals surface area contributed by atoms with E-state index in [1.165, 1.54) is 24.3 Å². The summed E-state index contributed by atoms with van der Waals surface area (Å²) in [4.78, 5) is 23.7. The molecule has 3 rings (SSSR count). The number of carboxylic acid groups (broad SMARTS) is 1. The molecule has 0 aliphatic rings. The lowest BCUT2D eigenvalue weighted by Gasteiger charge is -2.10. The van der Waals surface area contributed by atoms with E-state index in [1.54, 1.807) is 6.07 Å². The average molecular weight is 464 g/mol. The molecular formula is C23H18BrN3O3. The molecule has 1 amide bonds. The van der Waals surface area contributed by atoms with Crippen molar-refractivity contribution in [1.29, 1.82) is 5.26 Å². The molecule has 3 aromatic rings. The van der Waals surface area contributed by atoms with E-state index < -0.39 is 11.9 Å². The SMILES string of the molecule is Cc1cc(/C=C(/C#N)C(=O)Nc2cccc(C(=O)O)c2)c(C)n1-c1cccc(Br)c1. The third-order valence-corrected chi connectivity index (χ3v) is 5.06. The van der Waals surface area contributed by atoms with Crippen LogP contribution in [0.1, 0.15) is 27.3 Å². The maximum Gasteiger partial charge on any atom is 0.335 e. The first-order valence-electron chi connectivity index (χ1n) is 9.01. The zero-order chi connectivity index (χ0) is 21.8. The summed E-state index contributed by atoms with van der Waals surface area (Å²) >= 11 is 3.47. The minimum absolute atomic E-state index is 0.0489. The van der Waals surface area contributed by atoms with Crippen LogP contribution in [-0.2, 0) is 4.79 Å². The van der Waals surface area contributed by atoms with Gasteiger partial charge in [0.25, 0.3) is 5.91 Å². The number of benzene rings is 2. The van der Waals surface area contributed by atoms with Crippen molar-refractivity contribution in [2.75, 3.05) is 5.32 Å². The molecule has 2 aromatic carbocycles. The Morgan fingerprint density at radius 3 is 2.53 bits per heavy atom. The molecule has 0 fully saturated rings. The van der Waals surface area contributed by atoms with Crippen LogP contribution in [0.5, 0.6) is 0 Å². The number of aromatic nitrogens is 1. The fraction of sp³-hybridized carbons (Fsp3) is 0.0870. The molecular weight excluding hydrogens is 446 g/mol. The molecule has 150 valence electrons. The Morgan fingerprint density at radius 2 is 1.87 bits per heavy atom. The monoisotopic (exact) mass is 463 g/mol. The predicted molar refractivity (Wildman–Crippen MR) is 119 cm³/mol.